The minimum Gasteiger partial charge on any atom is -0.286 e. The van der Waals surface area contributed by atoms with Crippen molar-refractivity contribution in [2.45, 2.75) is 0 Å². The van der Waals surface area contributed by atoms with E-state index < -0.39 is 11.6 Å². The number of Topliss-reactive ketones (excluding diaryl/α,β-unsaturated/α-hetero) is 1. The molecule has 0 atom stereocenters. The Kier molecular flexibility index (Phi) is 3.28. The fraction of sp³-hybridized carbons (Fsp3) is 0. The first-order valence-electron chi connectivity index (χ1n) is 3.98. The van der Waals surface area contributed by atoms with Crippen LogP contribution in [0.2, 0.25) is 0 Å². The second-order valence-electron chi connectivity index (χ2n) is 2.61. The Bertz CT molecular complexity index is 397. The van der Waals surface area contributed by atoms with Crippen LogP contribution in [0.15, 0.2) is 30.3 Å². The van der Waals surface area contributed by atoms with E-state index >= 15 is 0 Å². The minimum absolute atomic E-state index is 0.409. The number of ketones is 2. The Morgan fingerprint density at radius 2 is 1.57 bits per heavy atom. The van der Waals surface area contributed by atoms with Gasteiger partial charge in [0.25, 0.3) is 0 Å². The van der Waals surface area contributed by atoms with Crippen molar-refractivity contribution in [3.63, 3.8) is 0 Å². The summed E-state index contributed by atoms with van der Waals surface area (Å²) in [5.41, 5.74) is 1.33. The maximum Gasteiger partial charge on any atom is 0.233 e. The topological polar surface area (TPSA) is 86.2 Å². The SMILES string of the molecule is NN.O=C1C=Cc2ccccc2C1=O. The van der Waals surface area contributed by atoms with Gasteiger partial charge in [0.2, 0.25) is 11.6 Å². The molecule has 0 spiro atoms. The van der Waals surface area contributed by atoms with Crippen molar-refractivity contribution >= 4 is 17.6 Å². The molecule has 0 fully saturated rings. The summed E-state index contributed by atoms with van der Waals surface area (Å²) in [6.07, 6.45) is 2.98. The smallest absolute Gasteiger partial charge is 0.233 e. The first-order valence-corrected chi connectivity index (χ1v) is 3.98. The number of carbonyl (C=O) groups is 2. The zero-order valence-corrected chi connectivity index (χ0v) is 7.44. The summed E-state index contributed by atoms with van der Waals surface area (Å²) in [7, 11) is 0. The Hall–Kier alpha value is -1.78. The second-order valence-corrected chi connectivity index (χ2v) is 2.61. The average molecular weight is 190 g/mol. The van der Waals surface area contributed by atoms with Gasteiger partial charge in [-0.15, -0.1) is 0 Å². The van der Waals surface area contributed by atoms with E-state index in [1.807, 2.05) is 12.1 Å². The van der Waals surface area contributed by atoms with Crippen LogP contribution in [-0.2, 0) is 4.79 Å². The highest BCUT2D eigenvalue weighted by Crippen LogP contribution is 2.16. The zero-order valence-electron chi connectivity index (χ0n) is 7.44. The number of hydrazine groups is 1. The van der Waals surface area contributed by atoms with Gasteiger partial charge in [-0.3, -0.25) is 21.3 Å². The highest BCUT2D eigenvalue weighted by atomic mass is 16.2. The van der Waals surface area contributed by atoms with Crippen molar-refractivity contribution in [3.8, 4) is 0 Å². The number of rotatable bonds is 0. The summed E-state index contributed by atoms with van der Waals surface area (Å²) >= 11 is 0. The maximum absolute atomic E-state index is 11.2. The molecule has 2 rings (SSSR count). The predicted octanol–water partition coefficient (Wildman–Crippen LogP) is 0.284. The van der Waals surface area contributed by atoms with Crippen LogP contribution in [0, 0.1) is 0 Å². The van der Waals surface area contributed by atoms with Crippen LogP contribution in [0.3, 0.4) is 0 Å². The summed E-state index contributed by atoms with van der Waals surface area (Å²) in [5.74, 6) is 7.15. The summed E-state index contributed by atoms with van der Waals surface area (Å²) in [6.45, 7) is 0. The van der Waals surface area contributed by atoms with Crippen LogP contribution in [0.25, 0.3) is 6.08 Å². The van der Waals surface area contributed by atoms with Gasteiger partial charge in [0, 0.05) is 5.56 Å². The standard InChI is InChI=1S/C10H6O2.H4N2/c11-9-6-5-7-3-1-2-4-8(7)10(9)12;1-2/h1-6H;1-2H2. The molecule has 0 saturated carbocycles. The van der Waals surface area contributed by atoms with Crippen molar-refractivity contribution in [2.75, 3.05) is 0 Å². The molecule has 0 bridgehead atoms. The molecule has 4 N–H and O–H groups in total. The van der Waals surface area contributed by atoms with E-state index in [1.165, 1.54) is 6.08 Å². The van der Waals surface area contributed by atoms with Gasteiger partial charge >= 0.3 is 0 Å². The Morgan fingerprint density at radius 3 is 2.29 bits per heavy atom. The molecular weight excluding hydrogens is 180 g/mol. The summed E-state index contributed by atoms with van der Waals surface area (Å²) in [6, 6.07) is 7.07. The van der Waals surface area contributed by atoms with Crippen molar-refractivity contribution in [3.05, 3.63) is 41.5 Å². The summed E-state index contributed by atoms with van der Waals surface area (Å²) in [5, 5.41) is 0. The normalized spacial score (nSPS) is 13.0. The lowest BCUT2D eigenvalue weighted by molar-refractivity contribution is -0.110. The fourth-order valence-corrected chi connectivity index (χ4v) is 1.22. The molecule has 14 heavy (non-hydrogen) atoms. The maximum atomic E-state index is 11.2. The van der Waals surface area contributed by atoms with Gasteiger partial charge in [0.05, 0.1) is 0 Å². The summed E-state index contributed by atoms with van der Waals surface area (Å²) in [4.78, 5) is 22.1. The lowest BCUT2D eigenvalue weighted by atomic mass is 9.96. The molecule has 1 aromatic carbocycles. The molecule has 4 heteroatoms. The van der Waals surface area contributed by atoms with Crippen molar-refractivity contribution in [1.82, 2.24) is 0 Å². The van der Waals surface area contributed by atoms with E-state index in [4.69, 9.17) is 0 Å². The Labute approximate surface area is 81.2 Å². The molecule has 0 aliphatic heterocycles. The molecule has 0 unspecified atom stereocenters. The van der Waals surface area contributed by atoms with Crippen LogP contribution in [0.1, 0.15) is 15.9 Å². The van der Waals surface area contributed by atoms with E-state index in [1.54, 1.807) is 18.2 Å². The molecule has 4 nitrogen and oxygen atoms in total. The Balaban J connectivity index is 0.000000461. The lowest BCUT2D eigenvalue weighted by Gasteiger charge is -2.06. The quantitative estimate of drug-likeness (QED) is 0.349. The third kappa shape index (κ3) is 1.76. The molecule has 0 aromatic heterocycles. The number of hydrogen-bond acceptors (Lipinski definition) is 4. The molecule has 1 aliphatic rings. The zero-order chi connectivity index (χ0) is 10.6. The number of allylic oxidation sites excluding steroid dienone is 1. The molecule has 1 aliphatic carbocycles. The third-order valence-electron chi connectivity index (χ3n) is 1.84. The predicted molar refractivity (Wildman–Crippen MR) is 53.2 cm³/mol. The van der Waals surface area contributed by atoms with Crippen LogP contribution in [0.5, 0.6) is 0 Å². The fourth-order valence-electron chi connectivity index (χ4n) is 1.22. The Morgan fingerprint density at radius 1 is 0.929 bits per heavy atom. The molecular formula is C10H10N2O2. The lowest BCUT2D eigenvalue weighted by Crippen LogP contribution is -2.15. The first-order chi connectivity index (χ1) is 6.79. The largest absolute Gasteiger partial charge is 0.286 e. The van der Waals surface area contributed by atoms with Gasteiger partial charge in [-0.2, -0.15) is 0 Å². The van der Waals surface area contributed by atoms with Gasteiger partial charge in [-0.05, 0) is 11.6 Å². The highest BCUT2D eigenvalue weighted by Gasteiger charge is 2.19. The van der Waals surface area contributed by atoms with Crippen LogP contribution in [-0.4, -0.2) is 11.6 Å². The first kappa shape index (κ1) is 10.3. The second kappa shape index (κ2) is 4.45. The number of carbonyl (C=O) groups excluding carboxylic acids is 2. The molecule has 1 aromatic rings. The van der Waals surface area contributed by atoms with E-state index in [0.717, 1.165) is 5.56 Å². The van der Waals surface area contributed by atoms with E-state index in [-0.39, 0.29) is 0 Å². The van der Waals surface area contributed by atoms with E-state index in [0.29, 0.717) is 5.56 Å². The molecule has 0 saturated heterocycles. The molecule has 0 heterocycles. The minimum atomic E-state index is -0.436. The molecule has 72 valence electrons. The number of nitrogens with two attached hydrogens (primary N) is 2. The van der Waals surface area contributed by atoms with Crippen LogP contribution < -0.4 is 11.7 Å². The van der Waals surface area contributed by atoms with Crippen molar-refractivity contribution < 1.29 is 9.59 Å². The van der Waals surface area contributed by atoms with Gasteiger partial charge in [0.15, 0.2) is 0 Å². The monoisotopic (exact) mass is 190 g/mol. The number of fused-ring (bicyclic) bond motifs is 1. The van der Waals surface area contributed by atoms with Crippen molar-refractivity contribution in [2.24, 2.45) is 11.7 Å². The van der Waals surface area contributed by atoms with Crippen molar-refractivity contribution in [1.29, 1.82) is 0 Å². The van der Waals surface area contributed by atoms with E-state index in [2.05, 4.69) is 11.7 Å². The number of benzene rings is 1. The van der Waals surface area contributed by atoms with E-state index in [9.17, 15) is 9.59 Å². The average Bonchev–Trinajstić information content (AvgIpc) is 2.27. The van der Waals surface area contributed by atoms with Gasteiger partial charge in [-0.25, -0.2) is 0 Å². The van der Waals surface area contributed by atoms with Gasteiger partial charge in [0.1, 0.15) is 0 Å². The van der Waals surface area contributed by atoms with Gasteiger partial charge in [-0.1, -0.05) is 30.3 Å². The number of hydrogen-bond donors (Lipinski definition) is 2. The van der Waals surface area contributed by atoms with Crippen LogP contribution >= 0.6 is 0 Å². The van der Waals surface area contributed by atoms with Crippen LogP contribution in [0.4, 0.5) is 0 Å². The summed E-state index contributed by atoms with van der Waals surface area (Å²) < 4.78 is 0. The molecule has 0 amide bonds. The van der Waals surface area contributed by atoms with Gasteiger partial charge < -0.3 is 0 Å². The molecule has 0 radical (unpaired) electrons. The third-order valence-corrected chi connectivity index (χ3v) is 1.84. The highest BCUT2D eigenvalue weighted by molar-refractivity contribution is 6.49.